The molecular weight excluding hydrogens is 286 g/mol. The Morgan fingerprint density at radius 3 is 2.40 bits per heavy atom. The lowest BCUT2D eigenvalue weighted by atomic mass is 9.84. The lowest BCUT2D eigenvalue weighted by Crippen LogP contribution is -2.03. The van der Waals surface area contributed by atoms with E-state index in [2.05, 4.69) is 29.3 Å². The standard InChI is InChI=1S/C17H18ClNS/c18-17-11-10-16(20-17)12-19-15-8-6-14(7-9-15)13-4-2-1-3-5-13/h6-13H,1-5H2. The monoisotopic (exact) mass is 303 g/mol. The normalized spacial score (nSPS) is 16.9. The molecule has 2 aromatic rings. The van der Waals surface area contributed by atoms with E-state index in [4.69, 9.17) is 11.6 Å². The number of nitrogens with zero attached hydrogens (tertiary/aromatic N) is 1. The zero-order valence-corrected chi connectivity index (χ0v) is 13.0. The molecule has 0 atom stereocenters. The van der Waals surface area contributed by atoms with Crippen molar-refractivity contribution in [1.29, 1.82) is 0 Å². The van der Waals surface area contributed by atoms with Gasteiger partial charge in [0.15, 0.2) is 0 Å². The summed E-state index contributed by atoms with van der Waals surface area (Å²) in [7, 11) is 0. The molecule has 1 aromatic heterocycles. The number of hydrogen-bond donors (Lipinski definition) is 0. The van der Waals surface area contributed by atoms with Crippen LogP contribution in [0, 0.1) is 0 Å². The number of halogens is 1. The molecule has 0 radical (unpaired) electrons. The van der Waals surface area contributed by atoms with Crippen LogP contribution in [0.25, 0.3) is 0 Å². The molecule has 0 aliphatic heterocycles. The van der Waals surface area contributed by atoms with Crippen LogP contribution in [0.5, 0.6) is 0 Å². The van der Waals surface area contributed by atoms with E-state index in [9.17, 15) is 0 Å². The predicted molar refractivity (Wildman–Crippen MR) is 88.9 cm³/mol. The van der Waals surface area contributed by atoms with Gasteiger partial charge in [0.1, 0.15) is 0 Å². The summed E-state index contributed by atoms with van der Waals surface area (Å²) < 4.78 is 0.805. The van der Waals surface area contributed by atoms with Crippen LogP contribution in [-0.4, -0.2) is 6.21 Å². The summed E-state index contributed by atoms with van der Waals surface area (Å²) in [4.78, 5) is 5.59. The zero-order valence-electron chi connectivity index (χ0n) is 11.4. The van der Waals surface area contributed by atoms with Crippen molar-refractivity contribution in [3.8, 4) is 0 Å². The van der Waals surface area contributed by atoms with Gasteiger partial charge in [-0.15, -0.1) is 11.3 Å². The van der Waals surface area contributed by atoms with Crippen molar-refractivity contribution in [3.05, 3.63) is 51.2 Å². The van der Waals surface area contributed by atoms with Crippen LogP contribution in [0.15, 0.2) is 41.4 Å². The van der Waals surface area contributed by atoms with E-state index in [1.54, 1.807) is 11.3 Å². The van der Waals surface area contributed by atoms with Crippen molar-refractivity contribution in [2.45, 2.75) is 38.0 Å². The highest BCUT2D eigenvalue weighted by atomic mass is 35.5. The average molecular weight is 304 g/mol. The van der Waals surface area contributed by atoms with E-state index in [-0.39, 0.29) is 0 Å². The first-order valence-corrected chi connectivity index (χ1v) is 8.40. The highest BCUT2D eigenvalue weighted by Crippen LogP contribution is 2.33. The summed E-state index contributed by atoms with van der Waals surface area (Å²) in [5.41, 5.74) is 2.48. The summed E-state index contributed by atoms with van der Waals surface area (Å²) >= 11 is 7.45. The Hall–Kier alpha value is -1.12. The van der Waals surface area contributed by atoms with Gasteiger partial charge in [0.25, 0.3) is 0 Å². The maximum Gasteiger partial charge on any atom is 0.0935 e. The van der Waals surface area contributed by atoms with Gasteiger partial charge in [0, 0.05) is 11.1 Å². The summed E-state index contributed by atoms with van der Waals surface area (Å²) in [6, 6.07) is 12.6. The van der Waals surface area contributed by atoms with Gasteiger partial charge in [-0.25, -0.2) is 0 Å². The third-order valence-electron chi connectivity index (χ3n) is 3.90. The quantitative estimate of drug-likeness (QED) is 0.599. The molecule has 0 spiro atoms. The molecule has 1 aliphatic rings. The highest BCUT2D eigenvalue weighted by molar-refractivity contribution is 7.17. The molecule has 1 heterocycles. The van der Waals surface area contributed by atoms with Crippen molar-refractivity contribution in [2.24, 2.45) is 4.99 Å². The molecule has 3 heteroatoms. The second kappa shape index (κ2) is 6.55. The molecular formula is C17H18ClNS. The molecule has 0 unspecified atom stereocenters. The number of benzene rings is 1. The lowest BCUT2D eigenvalue weighted by Gasteiger charge is -2.21. The smallest absolute Gasteiger partial charge is 0.0935 e. The lowest BCUT2D eigenvalue weighted by molar-refractivity contribution is 0.443. The topological polar surface area (TPSA) is 12.4 Å². The number of aliphatic imine (C=N–C) groups is 1. The van der Waals surface area contributed by atoms with E-state index in [1.807, 2.05) is 18.3 Å². The maximum atomic E-state index is 5.91. The van der Waals surface area contributed by atoms with E-state index < -0.39 is 0 Å². The first kappa shape index (κ1) is 13.8. The molecule has 0 bridgehead atoms. The van der Waals surface area contributed by atoms with Crippen molar-refractivity contribution in [3.63, 3.8) is 0 Å². The average Bonchev–Trinajstić information content (AvgIpc) is 2.92. The minimum atomic E-state index is 0.762. The molecule has 1 aliphatic carbocycles. The largest absolute Gasteiger partial charge is 0.255 e. The van der Waals surface area contributed by atoms with E-state index in [0.717, 1.165) is 20.8 Å². The van der Waals surface area contributed by atoms with Crippen LogP contribution >= 0.6 is 22.9 Å². The van der Waals surface area contributed by atoms with Crippen molar-refractivity contribution < 1.29 is 0 Å². The second-order valence-corrected chi connectivity index (χ2v) is 7.07. The van der Waals surface area contributed by atoms with Crippen LogP contribution in [0.2, 0.25) is 4.34 Å². The summed E-state index contributed by atoms with van der Waals surface area (Å²) in [6.07, 6.45) is 8.73. The summed E-state index contributed by atoms with van der Waals surface area (Å²) in [5, 5.41) is 0. The van der Waals surface area contributed by atoms with Crippen LogP contribution in [0.3, 0.4) is 0 Å². The van der Waals surface area contributed by atoms with E-state index in [1.165, 1.54) is 37.7 Å². The van der Waals surface area contributed by atoms with Gasteiger partial charge in [-0.05, 0) is 48.6 Å². The first-order valence-electron chi connectivity index (χ1n) is 7.20. The van der Waals surface area contributed by atoms with Crippen LogP contribution in [-0.2, 0) is 0 Å². The molecule has 1 aromatic carbocycles. The SMILES string of the molecule is Clc1ccc(C=Nc2ccc(C3CCCCC3)cc2)s1. The van der Waals surface area contributed by atoms with Gasteiger partial charge in [0.05, 0.1) is 10.0 Å². The summed E-state index contributed by atoms with van der Waals surface area (Å²) in [6.45, 7) is 0. The third kappa shape index (κ3) is 3.50. The van der Waals surface area contributed by atoms with E-state index in [0.29, 0.717) is 0 Å². The molecule has 3 rings (SSSR count). The van der Waals surface area contributed by atoms with Crippen molar-refractivity contribution in [2.75, 3.05) is 0 Å². The van der Waals surface area contributed by atoms with Crippen LogP contribution < -0.4 is 0 Å². The molecule has 0 saturated heterocycles. The van der Waals surface area contributed by atoms with Gasteiger partial charge < -0.3 is 0 Å². The molecule has 20 heavy (non-hydrogen) atoms. The Labute approximate surface area is 129 Å². The number of thiophene rings is 1. The van der Waals surface area contributed by atoms with Gasteiger partial charge in [-0.1, -0.05) is 43.0 Å². The Morgan fingerprint density at radius 1 is 1.00 bits per heavy atom. The first-order chi connectivity index (χ1) is 9.81. The van der Waals surface area contributed by atoms with Crippen molar-refractivity contribution >= 4 is 34.8 Å². The van der Waals surface area contributed by atoms with Crippen molar-refractivity contribution in [1.82, 2.24) is 0 Å². The molecule has 104 valence electrons. The molecule has 0 N–H and O–H groups in total. The predicted octanol–water partition coefficient (Wildman–Crippen LogP) is 6.20. The molecule has 1 fully saturated rings. The zero-order chi connectivity index (χ0) is 13.8. The minimum Gasteiger partial charge on any atom is -0.255 e. The van der Waals surface area contributed by atoms with Gasteiger partial charge in [-0.2, -0.15) is 0 Å². The number of hydrogen-bond acceptors (Lipinski definition) is 2. The second-order valence-electron chi connectivity index (χ2n) is 5.33. The molecule has 1 saturated carbocycles. The minimum absolute atomic E-state index is 0.762. The van der Waals surface area contributed by atoms with Gasteiger partial charge in [-0.3, -0.25) is 4.99 Å². The number of rotatable bonds is 3. The molecule has 0 amide bonds. The van der Waals surface area contributed by atoms with E-state index >= 15 is 0 Å². The Balaban J connectivity index is 1.68. The highest BCUT2D eigenvalue weighted by Gasteiger charge is 2.14. The Kier molecular flexibility index (Phi) is 4.54. The fourth-order valence-corrected chi connectivity index (χ4v) is 3.74. The van der Waals surface area contributed by atoms with Gasteiger partial charge in [0.2, 0.25) is 0 Å². The van der Waals surface area contributed by atoms with Gasteiger partial charge >= 0.3 is 0 Å². The fraction of sp³-hybridized carbons (Fsp3) is 0.353. The van der Waals surface area contributed by atoms with Crippen LogP contribution in [0.1, 0.15) is 48.5 Å². The Morgan fingerprint density at radius 2 is 1.75 bits per heavy atom. The van der Waals surface area contributed by atoms with Crippen LogP contribution in [0.4, 0.5) is 5.69 Å². The fourth-order valence-electron chi connectivity index (χ4n) is 2.80. The molecule has 1 nitrogen and oxygen atoms in total. The third-order valence-corrected chi connectivity index (χ3v) is 5.07. The Bertz CT molecular complexity index is 579. The maximum absolute atomic E-state index is 5.91. The summed E-state index contributed by atoms with van der Waals surface area (Å²) in [5.74, 6) is 0.762.